The summed E-state index contributed by atoms with van der Waals surface area (Å²) in [6.45, 7) is 4.03. The van der Waals surface area contributed by atoms with Gasteiger partial charge in [-0.05, 0) is 24.3 Å². The lowest BCUT2D eigenvalue weighted by molar-refractivity contribution is 0.0994. The quantitative estimate of drug-likeness (QED) is 0.756. The first-order valence-corrected chi connectivity index (χ1v) is 6.48. The lowest BCUT2D eigenvalue weighted by Gasteiger charge is -1.94. The zero-order valence-electron chi connectivity index (χ0n) is 9.45. The molecule has 0 bridgehead atoms. The number of carbonyl (C=O) groups is 1. The van der Waals surface area contributed by atoms with Gasteiger partial charge in [-0.3, -0.25) is 4.79 Å². The number of thioether (sulfide) groups is 1. The molecule has 0 saturated carbocycles. The molecule has 0 amide bonds. The molecule has 0 spiro atoms. The van der Waals surface area contributed by atoms with Gasteiger partial charge in [0.1, 0.15) is 5.58 Å². The summed E-state index contributed by atoms with van der Waals surface area (Å²) >= 11 is 1.62. The molecule has 1 heterocycles. The summed E-state index contributed by atoms with van der Waals surface area (Å²) < 4.78 is 5.59. The number of Topliss-reactive ketones (excluding diaryl/α,β-unsaturated/α-hetero) is 1. The summed E-state index contributed by atoms with van der Waals surface area (Å²) in [5.74, 6) is 1.99. The van der Waals surface area contributed by atoms with E-state index in [0.717, 1.165) is 22.3 Å². The van der Waals surface area contributed by atoms with Crippen molar-refractivity contribution in [1.82, 2.24) is 0 Å². The van der Waals surface area contributed by atoms with E-state index in [4.69, 9.17) is 4.42 Å². The second-order valence-electron chi connectivity index (χ2n) is 3.66. The van der Waals surface area contributed by atoms with Gasteiger partial charge in [0, 0.05) is 5.39 Å². The Balaban J connectivity index is 2.32. The van der Waals surface area contributed by atoms with Crippen LogP contribution in [0.4, 0.5) is 0 Å². The number of carbonyl (C=O) groups excluding carboxylic acids is 1. The molecule has 84 valence electrons. The van der Waals surface area contributed by atoms with Crippen LogP contribution in [-0.2, 0) is 0 Å². The predicted molar refractivity (Wildman–Crippen MR) is 68.3 cm³/mol. The number of hydrogen-bond donors (Lipinski definition) is 0. The highest BCUT2D eigenvalue weighted by Crippen LogP contribution is 2.23. The van der Waals surface area contributed by atoms with E-state index in [-0.39, 0.29) is 5.78 Å². The number of rotatable bonds is 4. The molecule has 0 saturated heterocycles. The Kier molecular flexibility index (Phi) is 3.34. The number of ketones is 1. The van der Waals surface area contributed by atoms with Crippen LogP contribution in [0.5, 0.6) is 0 Å². The van der Waals surface area contributed by atoms with E-state index in [2.05, 4.69) is 0 Å². The van der Waals surface area contributed by atoms with Gasteiger partial charge in [-0.2, -0.15) is 11.8 Å². The first-order chi connectivity index (χ1) is 7.72. The van der Waals surface area contributed by atoms with E-state index in [9.17, 15) is 4.79 Å². The minimum atomic E-state index is 0.0717. The van der Waals surface area contributed by atoms with E-state index < -0.39 is 0 Å². The average molecular weight is 234 g/mol. The number of benzene rings is 1. The van der Waals surface area contributed by atoms with Gasteiger partial charge in [0.25, 0.3) is 0 Å². The van der Waals surface area contributed by atoms with Crippen LogP contribution >= 0.6 is 11.8 Å². The highest BCUT2D eigenvalue weighted by atomic mass is 32.2. The van der Waals surface area contributed by atoms with Crippen LogP contribution in [0.1, 0.15) is 23.0 Å². The van der Waals surface area contributed by atoms with Crippen LogP contribution in [0.15, 0.2) is 28.7 Å². The molecule has 0 unspecified atom stereocenters. The smallest absolute Gasteiger partial charge is 0.207 e. The molecule has 0 radical (unpaired) electrons. The van der Waals surface area contributed by atoms with Crippen molar-refractivity contribution in [1.29, 1.82) is 0 Å². The summed E-state index contributed by atoms with van der Waals surface area (Å²) in [4.78, 5) is 11.8. The Labute approximate surface area is 99.0 Å². The molecule has 0 fully saturated rings. The van der Waals surface area contributed by atoms with Crippen molar-refractivity contribution in [2.24, 2.45) is 0 Å². The standard InChI is InChI=1S/C13H14O2S/c1-3-16-8-11(14)12-7-10-6-4-5-9(2)13(10)15-12/h4-7H,3,8H2,1-2H3. The van der Waals surface area contributed by atoms with Gasteiger partial charge in [0.15, 0.2) is 5.76 Å². The molecule has 16 heavy (non-hydrogen) atoms. The summed E-state index contributed by atoms with van der Waals surface area (Å²) in [7, 11) is 0. The number of para-hydroxylation sites is 1. The van der Waals surface area contributed by atoms with Gasteiger partial charge in [0.05, 0.1) is 5.75 Å². The van der Waals surface area contributed by atoms with Gasteiger partial charge in [-0.1, -0.05) is 25.1 Å². The number of hydrogen-bond acceptors (Lipinski definition) is 3. The van der Waals surface area contributed by atoms with Gasteiger partial charge >= 0.3 is 0 Å². The van der Waals surface area contributed by atoms with Crippen LogP contribution in [0.25, 0.3) is 11.0 Å². The van der Waals surface area contributed by atoms with Crippen molar-refractivity contribution in [3.05, 3.63) is 35.6 Å². The van der Waals surface area contributed by atoms with Gasteiger partial charge in [0.2, 0.25) is 5.78 Å². The molecule has 1 aromatic carbocycles. The minimum absolute atomic E-state index is 0.0717. The second kappa shape index (κ2) is 4.74. The SMILES string of the molecule is CCSCC(=O)c1cc2cccc(C)c2o1. The molecule has 0 aliphatic heterocycles. The fourth-order valence-electron chi connectivity index (χ4n) is 1.61. The van der Waals surface area contributed by atoms with E-state index in [1.54, 1.807) is 11.8 Å². The summed E-state index contributed by atoms with van der Waals surface area (Å²) in [5.41, 5.74) is 1.90. The third kappa shape index (κ3) is 2.14. The second-order valence-corrected chi connectivity index (χ2v) is 4.94. The van der Waals surface area contributed by atoms with E-state index in [0.29, 0.717) is 11.5 Å². The maximum Gasteiger partial charge on any atom is 0.207 e. The van der Waals surface area contributed by atoms with Crippen molar-refractivity contribution >= 4 is 28.5 Å². The van der Waals surface area contributed by atoms with Gasteiger partial charge in [-0.25, -0.2) is 0 Å². The van der Waals surface area contributed by atoms with Crippen molar-refractivity contribution in [2.75, 3.05) is 11.5 Å². The third-order valence-electron chi connectivity index (χ3n) is 2.45. The Morgan fingerprint density at radius 1 is 1.44 bits per heavy atom. The van der Waals surface area contributed by atoms with Crippen LogP contribution in [0, 0.1) is 6.92 Å². The third-order valence-corrected chi connectivity index (χ3v) is 3.33. The highest BCUT2D eigenvalue weighted by molar-refractivity contribution is 7.99. The molecule has 0 N–H and O–H groups in total. The van der Waals surface area contributed by atoms with Crippen molar-refractivity contribution in [2.45, 2.75) is 13.8 Å². The molecule has 0 atom stereocenters. The van der Waals surface area contributed by atoms with Gasteiger partial charge in [-0.15, -0.1) is 0 Å². The Morgan fingerprint density at radius 3 is 2.94 bits per heavy atom. The Bertz CT molecular complexity index is 514. The zero-order valence-corrected chi connectivity index (χ0v) is 10.3. The molecule has 1 aromatic heterocycles. The van der Waals surface area contributed by atoms with Crippen LogP contribution < -0.4 is 0 Å². The molecule has 3 heteroatoms. The fourth-order valence-corrected chi connectivity index (χ4v) is 2.14. The van der Waals surface area contributed by atoms with Crippen LogP contribution in [-0.4, -0.2) is 17.3 Å². The summed E-state index contributed by atoms with van der Waals surface area (Å²) in [5, 5.41) is 1.00. The molecule has 0 aliphatic carbocycles. The first kappa shape index (κ1) is 11.3. The minimum Gasteiger partial charge on any atom is -0.453 e. The van der Waals surface area contributed by atoms with E-state index in [1.165, 1.54) is 0 Å². The molecular formula is C13H14O2S. The monoisotopic (exact) mass is 234 g/mol. The van der Waals surface area contributed by atoms with E-state index >= 15 is 0 Å². The molecule has 0 aliphatic rings. The average Bonchev–Trinajstić information content (AvgIpc) is 2.71. The van der Waals surface area contributed by atoms with E-state index in [1.807, 2.05) is 38.1 Å². The van der Waals surface area contributed by atoms with Gasteiger partial charge < -0.3 is 4.42 Å². The molecule has 2 nitrogen and oxygen atoms in total. The summed E-state index contributed by atoms with van der Waals surface area (Å²) in [6.07, 6.45) is 0. The molecular weight excluding hydrogens is 220 g/mol. The zero-order chi connectivity index (χ0) is 11.5. The largest absolute Gasteiger partial charge is 0.453 e. The Hall–Kier alpha value is -1.22. The topological polar surface area (TPSA) is 30.2 Å². The van der Waals surface area contributed by atoms with Crippen LogP contribution in [0.3, 0.4) is 0 Å². The number of aryl methyl sites for hydroxylation is 1. The van der Waals surface area contributed by atoms with Crippen molar-refractivity contribution in [3.8, 4) is 0 Å². The Morgan fingerprint density at radius 2 is 2.25 bits per heavy atom. The lowest BCUT2D eigenvalue weighted by atomic mass is 10.2. The maximum atomic E-state index is 11.8. The maximum absolute atomic E-state index is 11.8. The molecule has 2 rings (SSSR count). The van der Waals surface area contributed by atoms with Crippen LogP contribution in [0.2, 0.25) is 0 Å². The van der Waals surface area contributed by atoms with Crippen molar-refractivity contribution < 1.29 is 9.21 Å². The normalized spacial score (nSPS) is 10.9. The lowest BCUT2D eigenvalue weighted by Crippen LogP contribution is -2.00. The van der Waals surface area contributed by atoms with Crippen molar-refractivity contribution in [3.63, 3.8) is 0 Å². The molecule has 2 aromatic rings. The number of fused-ring (bicyclic) bond motifs is 1. The summed E-state index contributed by atoms with van der Waals surface area (Å²) in [6, 6.07) is 7.76. The predicted octanol–water partition coefficient (Wildman–Crippen LogP) is 3.68. The fraction of sp³-hybridized carbons (Fsp3) is 0.308. The number of furan rings is 1. The highest BCUT2D eigenvalue weighted by Gasteiger charge is 2.12. The first-order valence-electron chi connectivity index (χ1n) is 5.32.